The average Bonchev–Trinajstić information content (AvgIpc) is 1.92. The fraction of sp³-hybridized carbons (Fsp3) is 1.00. The molecule has 0 aromatic carbocycles. The summed E-state index contributed by atoms with van der Waals surface area (Å²) < 4.78 is 36.3. The van der Waals surface area contributed by atoms with E-state index in [2.05, 4.69) is 0 Å². The van der Waals surface area contributed by atoms with Crippen LogP contribution in [0, 0.1) is 5.92 Å². The number of sulfonamides is 1. The molecule has 5 heteroatoms. The summed E-state index contributed by atoms with van der Waals surface area (Å²) in [5.74, 6) is -0.0111. The van der Waals surface area contributed by atoms with E-state index in [0.717, 1.165) is 6.26 Å². The van der Waals surface area contributed by atoms with Gasteiger partial charge in [-0.15, -0.1) is 0 Å². The lowest BCUT2D eigenvalue weighted by Gasteiger charge is -2.30. The van der Waals surface area contributed by atoms with Crippen LogP contribution in [0.15, 0.2) is 0 Å². The summed E-state index contributed by atoms with van der Waals surface area (Å²) in [4.78, 5) is 0. The minimum absolute atomic E-state index is 0.0111. The van der Waals surface area contributed by atoms with E-state index in [1.165, 1.54) is 4.31 Å². The molecule has 0 aromatic heterocycles. The predicted octanol–water partition coefficient (Wildman–Crippen LogP) is 0.626. The Morgan fingerprint density at radius 1 is 1.50 bits per heavy atom. The van der Waals surface area contributed by atoms with Crippen LogP contribution in [-0.4, -0.2) is 38.2 Å². The first-order chi connectivity index (χ1) is 5.41. The first-order valence-corrected chi connectivity index (χ1v) is 5.85. The molecule has 0 spiro atoms. The van der Waals surface area contributed by atoms with Crippen molar-refractivity contribution in [2.24, 2.45) is 5.92 Å². The molecule has 1 saturated heterocycles. The Morgan fingerprint density at radius 2 is 2.08 bits per heavy atom. The van der Waals surface area contributed by atoms with Gasteiger partial charge in [0.15, 0.2) is 0 Å². The topological polar surface area (TPSA) is 37.4 Å². The third-order valence-electron chi connectivity index (χ3n) is 2.30. The van der Waals surface area contributed by atoms with Gasteiger partial charge in [-0.1, -0.05) is 6.92 Å². The second kappa shape index (κ2) is 3.30. The highest BCUT2D eigenvalue weighted by molar-refractivity contribution is 7.88. The summed E-state index contributed by atoms with van der Waals surface area (Å²) in [6.45, 7) is 2.30. The number of piperidine rings is 1. The van der Waals surface area contributed by atoms with Gasteiger partial charge in [0.2, 0.25) is 10.0 Å². The standard InChI is InChI=1S/C7H14FNO2S/c1-6-3-4-9(5-7(6)8)12(2,10)11/h6-7H,3-5H2,1-2H3/t6-,7+/m1/s1. The maximum Gasteiger partial charge on any atom is 0.211 e. The molecule has 1 aliphatic heterocycles. The van der Waals surface area contributed by atoms with Gasteiger partial charge in [-0.05, 0) is 12.3 Å². The van der Waals surface area contributed by atoms with Crippen molar-refractivity contribution < 1.29 is 12.8 Å². The van der Waals surface area contributed by atoms with Crippen LogP contribution < -0.4 is 0 Å². The van der Waals surface area contributed by atoms with Crippen LogP contribution in [0.4, 0.5) is 4.39 Å². The molecular formula is C7H14FNO2S. The van der Waals surface area contributed by atoms with Gasteiger partial charge in [-0.2, -0.15) is 4.31 Å². The lowest BCUT2D eigenvalue weighted by atomic mass is 9.99. The summed E-state index contributed by atoms with van der Waals surface area (Å²) in [5, 5.41) is 0. The zero-order chi connectivity index (χ0) is 9.35. The van der Waals surface area contributed by atoms with Crippen molar-refractivity contribution in [3.05, 3.63) is 0 Å². The minimum Gasteiger partial charge on any atom is -0.246 e. The van der Waals surface area contributed by atoms with Gasteiger partial charge in [0.05, 0.1) is 6.26 Å². The van der Waals surface area contributed by atoms with E-state index in [9.17, 15) is 12.8 Å². The van der Waals surface area contributed by atoms with Crippen LogP contribution in [-0.2, 0) is 10.0 Å². The lowest BCUT2D eigenvalue weighted by Crippen LogP contribution is -2.43. The van der Waals surface area contributed by atoms with Crippen LogP contribution in [0.2, 0.25) is 0 Å². The average molecular weight is 195 g/mol. The Morgan fingerprint density at radius 3 is 2.50 bits per heavy atom. The minimum atomic E-state index is -3.19. The number of nitrogens with zero attached hydrogens (tertiary/aromatic N) is 1. The second-order valence-electron chi connectivity index (χ2n) is 3.40. The van der Waals surface area contributed by atoms with Gasteiger partial charge >= 0.3 is 0 Å². The number of halogens is 1. The largest absolute Gasteiger partial charge is 0.246 e. The number of hydrogen-bond donors (Lipinski definition) is 0. The molecule has 0 bridgehead atoms. The Bertz CT molecular complexity index is 252. The number of rotatable bonds is 1. The third-order valence-corrected chi connectivity index (χ3v) is 3.57. The van der Waals surface area contributed by atoms with Crippen molar-refractivity contribution in [1.29, 1.82) is 0 Å². The van der Waals surface area contributed by atoms with Gasteiger partial charge in [-0.3, -0.25) is 0 Å². The first-order valence-electron chi connectivity index (χ1n) is 4.00. The van der Waals surface area contributed by atoms with E-state index in [4.69, 9.17) is 0 Å². The Labute approximate surface area is 72.6 Å². The molecule has 0 aliphatic carbocycles. The van der Waals surface area contributed by atoms with Gasteiger partial charge in [-0.25, -0.2) is 12.8 Å². The molecule has 0 aromatic rings. The molecule has 1 fully saturated rings. The van der Waals surface area contributed by atoms with E-state index >= 15 is 0 Å². The van der Waals surface area contributed by atoms with Crippen molar-refractivity contribution in [1.82, 2.24) is 4.31 Å². The summed E-state index contributed by atoms with van der Waals surface area (Å²) in [7, 11) is -3.19. The molecule has 3 nitrogen and oxygen atoms in total. The molecule has 0 saturated carbocycles. The summed E-state index contributed by atoms with van der Waals surface area (Å²) in [5.41, 5.74) is 0. The molecule has 1 heterocycles. The van der Waals surface area contributed by atoms with Crippen molar-refractivity contribution in [3.8, 4) is 0 Å². The quantitative estimate of drug-likeness (QED) is 0.615. The molecule has 0 N–H and O–H groups in total. The molecule has 0 amide bonds. The number of alkyl halides is 1. The van der Waals surface area contributed by atoms with E-state index in [-0.39, 0.29) is 12.5 Å². The fourth-order valence-corrected chi connectivity index (χ4v) is 2.15. The smallest absolute Gasteiger partial charge is 0.211 e. The molecule has 2 atom stereocenters. The van der Waals surface area contributed by atoms with Crippen LogP contribution in [0.5, 0.6) is 0 Å². The molecular weight excluding hydrogens is 181 g/mol. The first kappa shape index (κ1) is 9.92. The van der Waals surface area contributed by atoms with Crippen molar-refractivity contribution >= 4 is 10.0 Å². The van der Waals surface area contributed by atoms with Crippen molar-refractivity contribution in [3.63, 3.8) is 0 Å². The number of hydrogen-bond acceptors (Lipinski definition) is 2. The molecule has 0 unspecified atom stereocenters. The Balaban J connectivity index is 2.64. The van der Waals surface area contributed by atoms with Crippen LogP contribution >= 0.6 is 0 Å². The fourth-order valence-electron chi connectivity index (χ4n) is 1.30. The zero-order valence-electron chi connectivity index (χ0n) is 7.33. The summed E-state index contributed by atoms with van der Waals surface area (Å²) in [6.07, 6.45) is 0.734. The highest BCUT2D eigenvalue weighted by Crippen LogP contribution is 2.21. The maximum atomic E-state index is 13.1. The maximum absolute atomic E-state index is 13.1. The molecule has 72 valence electrons. The van der Waals surface area contributed by atoms with Gasteiger partial charge in [0.25, 0.3) is 0 Å². The monoisotopic (exact) mass is 195 g/mol. The zero-order valence-corrected chi connectivity index (χ0v) is 8.14. The molecule has 1 aliphatic rings. The van der Waals surface area contributed by atoms with Gasteiger partial charge < -0.3 is 0 Å². The van der Waals surface area contributed by atoms with Gasteiger partial charge in [0.1, 0.15) is 6.17 Å². The van der Waals surface area contributed by atoms with Crippen LogP contribution in [0.25, 0.3) is 0 Å². The Kier molecular flexibility index (Phi) is 2.73. The molecule has 0 radical (unpaired) electrons. The normalized spacial score (nSPS) is 33.6. The van der Waals surface area contributed by atoms with E-state index in [0.29, 0.717) is 13.0 Å². The Hall–Kier alpha value is -0.160. The highest BCUT2D eigenvalue weighted by atomic mass is 32.2. The van der Waals surface area contributed by atoms with Crippen molar-refractivity contribution in [2.75, 3.05) is 19.3 Å². The van der Waals surface area contributed by atoms with Gasteiger partial charge in [0, 0.05) is 13.1 Å². The lowest BCUT2D eigenvalue weighted by molar-refractivity contribution is 0.144. The molecule has 12 heavy (non-hydrogen) atoms. The van der Waals surface area contributed by atoms with E-state index < -0.39 is 16.2 Å². The summed E-state index contributed by atoms with van der Waals surface area (Å²) in [6, 6.07) is 0. The van der Waals surface area contributed by atoms with E-state index in [1.54, 1.807) is 0 Å². The van der Waals surface area contributed by atoms with E-state index in [1.807, 2.05) is 6.92 Å². The third kappa shape index (κ3) is 2.17. The van der Waals surface area contributed by atoms with Crippen LogP contribution in [0.1, 0.15) is 13.3 Å². The molecule has 1 rings (SSSR count). The highest BCUT2D eigenvalue weighted by Gasteiger charge is 2.30. The predicted molar refractivity (Wildman–Crippen MR) is 45.1 cm³/mol. The van der Waals surface area contributed by atoms with Crippen molar-refractivity contribution in [2.45, 2.75) is 19.5 Å². The van der Waals surface area contributed by atoms with Crippen LogP contribution in [0.3, 0.4) is 0 Å². The SMILES string of the molecule is C[C@@H]1CCN(S(C)(=O)=O)C[C@@H]1F. The second-order valence-corrected chi connectivity index (χ2v) is 5.39. The summed E-state index contributed by atoms with van der Waals surface area (Å²) >= 11 is 0.